The average molecular weight is 428 g/mol. The highest BCUT2D eigenvalue weighted by atomic mass is 32.2. The third-order valence-corrected chi connectivity index (χ3v) is 5.96. The first kappa shape index (κ1) is 20.7. The second-order valence-corrected chi connectivity index (χ2v) is 8.79. The van der Waals surface area contributed by atoms with E-state index < -0.39 is 10.0 Å². The van der Waals surface area contributed by atoms with Gasteiger partial charge < -0.3 is 11.5 Å². The fourth-order valence-corrected chi connectivity index (χ4v) is 3.87. The maximum atomic E-state index is 11.5. The summed E-state index contributed by atoms with van der Waals surface area (Å²) in [5.41, 5.74) is 16.4. The van der Waals surface area contributed by atoms with Gasteiger partial charge >= 0.3 is 0 Å². The van der Waals surface area contributed by atoms with E-state index in [9.17, 15) is 8.42 Å². The normalized spacial score (nSPS) is 13.2. The van der Waals surface area contributed by atoms with E-state index in [-0.39, 0.29) is 10.7 Å². The van der Waals surface area contributed by atoms with Crippen LogP contribution in [0.5, 0.6) is 0 Å². The lowest BCUT2D eigenvalue weighted by molar-refractivity contribution is 0.598. The van der Waals surface area contributed by atoms with E-state index in [1.165, 1.54) is 23.5 Å². The van der Waals surface area contributed by atoms with Crippen LogP contribution in [-0.2, 0) is 16.4 Å². The van der Waals surface area contributed by atoms with Gasteiger partial charge in [-0.25, -0.2) is 23.5 Å². The van der Waals surface area contributed by atoms with Crippen molar-refractivity contribution in [3.05, 3.63) is 82.4 Å². The van der Waals surface area contributed by atoms with Crippen LogP contribution in [0.25, 0.3) is 5.70 Å². The number of hydrogen-bond donors (Lipinski definition) is 3. The average Bonchev–Trinajstić information content (AvgIpc) is 3.10. The lowest BCUT2D eigenvalue weighted by Gasteiger charge is -2.13. The quantitative estimate of drug-likeness (QED) is 0.410. The number of thiazole rings is 1. The fourth-order valence-electron chi connectivity index (χ4n) is 2.68. The van der Waals surface area contributed by atoms with Crippen LogP contribution < -0.4 is 16.6 Å². The number of sulfonamides is 1. The predicted octanol–water partition coefficient (Wildman–Crippen LogP) is 2.70. The van der Waals surface area contributed by atoms with Gasteiger partial charge in [-0.1, -0.05) is 42.5 Å². The number of amidine groups is 1. The third kappa shape index (κ3) is 5.29. The Bertz CT molecular complexity index is 1170. The summed E-state index contributed by atoms with van der Waals surface area (Å²) < 4.78 is 23.0. The Morgan fingerprint density at radius 2 is 1.72 bits per heavy atom. The molecule has 0 spiro atoms. The van der Waals surface area contributed by atoms with E-state index in [0.717, 1.165) is 16.8 Å². The number of hydrogen-bond acceptors (Lipinski definition) is 6. The van der Waals surface area contributed by atoms with Crippen molar-refractivity contribution >= 4 is 38.0 Å². The molecule has 0 bridgehead atoms. The van der Waals surface area contributed by atoms with Gasteiger partial charge in [0.15, 0.2) is 0 Å². The smallest absolute Gasteiger partial charge is 0.238 e. The van der Waals surface area contributed by atoms with Crippen LogP contribution >= 0.6 is 11.3 Å². The Morgan fingerprint density at radius 3 is 2.28 bits per heavy atom. The molecule has 1 heterocycles. The van der Waals surface area contributed by atoms with Gasteiger partial charge in [0.1, 0.15) is 5.84 Å². The molecule has 0 saturated heterocycles. The zero-order chi connectivity index (χ0) is 21.0. The maximum Gasteiger partial charge on any atom is 0.238 e. The van der Waals surface area contributed by atoms with E-state index in [1.807, 2.05) is 42.6 Å². The SMILES string of the molecule is Cc1csc(N=C(N)C(Cc2ccc(S(N)(=O)=O)cc2)=C(N)c2ccccc2)n1. The van der Waals surface area contributed by atoms with Crippen LogP contribution in [0.2, 0.25) is 0 Å². The largest absolute Gasteiger partial charge is 0.398 e. The number of benzene rings is 2. The Labute approximate surface area is 173 Å². The summed E-state index contributed by atoms with van der Waals surface area (Å²) in [5.74, 6) is 0.260. The van der Waals surface area contributed by atoms with Crippen LogP contribution in [0.3, 0.4) is 0 Å². The number of aromatic nitrogens is 1. The van der Waals surface area contributed by atoms with Gasteiger partial charge in [-0.3, -0.25) is 0 Å². The number of rotatable bonds is 6. The monoisotopic (exact) mass is 427 g/mol. The van der Waals surface area contributed by atoms with Gasteiger partial charge in [-0.2, -0.15) is 0 Å². The molecule has 2 aromatic carbocycles. The van der Waals surface area contributed by atoms with E-state index in [0.29, 0.717) is 22.8 Å². The molecule has 0 fully saturated rings. The van der Waals surface area contributed by atoms with Gasteiger partial charge in [0.25, 0.3) is 0 Å². The molecular formula is C20H21N5O2S2. The first-order valence-corrected chi connectivity index (χ1v) is 11.1. The standard InChI is InChI=1S/C20H21N5O2S2/c1-13-12-28-20(24-13)25-19(22)17(18(21)15-5-3-2-4-6-15)11-14-7-9-16(10-8-14)29(23,26)27/h2-10,12H,11,21H2,1H3,(H2,22,24,25)(H2,23,26,27). The highest BCUT2D eigenvalue weighted by Crippen LogP contribution is 2.23. The van der Waals surface area contributed by atoms with Crippen molar-refractivity contribution in [3.8, 4) is 0 Å². The number of primary sulfonamides is 1. The molecule has 0 radical (unpaired) electrons. The van der Waals surface area contributed by atoms with Crippen molar-refractivity contribution < 1.29 is 8.42 Å². The fraction of sp³-hybridized carbons (Fsp3) is 0.100. The Balaban J connectivity index is 2.02. The first-order valence-electron chi connectivity index (χ1n) is 8.66. The van der Waals surface area contributed by atoms with Crippen molar-refractivity contribution in [2.24, 2.45) is 21.6 Å². The van der Waals surface area contributed by atoms with E-state index in [1.54, 1.807) is 12.1 Å². The topological polar surface area (TPSA) is 137 Å². The van der Waals surface area contributed by atoms with Gasteiger partial charge in [-0.05, 0) is 30.2 Å². The molecule has 0 amide bonds. The van der Waals surface area contributed by atoms with Crippen molar-refractivity contribution in [1.82, 2.24) is 4.98 Å². The lowest BCUT2D eigenvalue weighted by atomic mass is 9.99. The molecule has 0 atom stereocenters. The molecule has 9 heteroatoms. The molecule has 1 aromatic heterocycles. The summed E-state index contributed by atoms with van der Waals surface area (Å²) in [7, 11) is -3.75. The molecule has 7 nitrogen and oxygen atoms in total. The summed E-state index contributed by atoms with van der Waals surface area (Å²) in [5, 5.41) is 7.60. The number of nitrogens with two attached hydrogens (primary N) is 3. The van der Waals surface area contributed by atoms with Crippen LogP contribution in [0, 0.1) is 6.92 Å². The molecule has 0 aliphatic heterocycles. The molecule has 0 saturated carbocycles. The minimum atomic E-state index is -3.75. The Kier molecular flexibility index (Phi) is 6.12. The summed E-state index contributed by atoms with van der Waals surface area (Å²) in [4.78, 5) is 8.79. The molecule has 150 valence electrons. The molecule has 0 aliphatic carbocycles. The third-order valence-electron chi connectivity index (χ3n) is 4.17. The minimum absolute atomic E-state index is 0.0442. The maximum absolute atomic E-state index is 11.5. The van der Waals surface area contributed by atoms with Crippen molar-refractivity contribution in [1.29, 1.82) is 0 Å². The Hall–Kier alpha value is -3.01. The van der Waals surface area contributed by atoms with Crippen LogP contribution in [0.1, 0.15) is 16.8 Å². The van der Waals surface area contributed by atoms with Gasteiger partial charge in [0.05, 0.1) is 10.6 Å². The van der Waals surface area contributed by atoms with Gasteiger partial charge in [0, 0.05) is 23.1 Å². The van der Waals surface area contributed by atoms with Gasteiger partial charge in [0.2, 0.25) is 15.2 Å². The van der Waals surface area contributed by atoms with Crippen molar-refractivity contribution in [3.63, 3.8) is 0 Å². The molecule has 3 aromatic rings. The van der Waals surface area contributed by atoms with Gasteiger partial charge in [-0.15, -0.1) is 11.3 Å². The van der Waals surface area contributed by atoms with E-state index in [4.69, 9.17) is 16.6 Å². The lowest BCUT2D eigenvalue weighted by Crippen LogP contribution is -2.20. The van der Waals surface area contributed by atoms with E-state index >= 15 is 0 Å². The molecule has 0 unspecified atom stereocenters. The molecule has 6 N–H and O–H groups in total. The highest BCUT2D eigenvalue weighted by molar-refractivity contribution is 7.89. The predicted molar refractivity (Wildman–Crippen MR) is 117 cm³/mol. The summed E-state index contributed by atoms with van der Waals surface area (Å²) in [6, 6.07) is 15.7. The minimum Gasteiger partial charge on any atom is -0.398 e. The number of aryl methyl sites for hydroxylation is 1. The summed E-state index contributed by atoms with van der Waals surface area (Å²) >= 11 is 1.39. The molecular weight excluding hydrogens is 406 g/mol. The van der Waals surface area contributed by atoms with Crippen LogP contribution in [0.15, 0.2) is 75.4 Å². The van der Waals surface area contributed by atoms with E-state index in [2.05, 4.69) is 9.98 Å². The number of aliphatic imine (C=N–C) groups is 1. The van der Waals surface area contributed by atoms with Crippen LogP contribution in [0.4, 0.5) is 5.13 Å². The zero-order valence-corrected chi connectivity index (χ0v) is 17.4. The Morgan fingerprint density at radius 1 is 1.07 bits per heavy atom. The second-order valence-electron chi connectivity index (χ2n) is 6.39. The highest BCUT2D eigenvalue weighted by Gasteiger charge is 2.14. The molecule has 29 heavy (non-hydrogen) atoms. The zero-order valence-electron chi connectivity index (χ0n) is 15.7. The van der Waals surface area contributed by atoms with Crippen molar-refractivity contribution in [2.45, 2.75) is 18.2 Å². The second kappa shape index (κ2) is 8.56. The molecule has 0 aliphatic rings. The summed E-state index contributed by atoms with van der Waals surface area (Å²) in [6.07, 6.45) is 0.366. The van der Waals surface area contributed by atoms with Crippen molar-refractivity contribution in [2.75, 3.05) is 0 Å². The number of nitrogens with zero attached hydrogens (tertiary/aromatic N) is 2. The van der Waals surface area contributed by atoms with Crippen LogP contribution in [-0.4, -0.2) is 19.2 Å². The summed E-state index contributed by atoms with van der Waals surface area (Å²) in [6.45, 7) is 1.88. The first-order chi connectivity index (χ1) is 13.7. The molecule has 3 rings (SSSR count).